The lowest BCUT2D eigenvalue weighted by atomic mass is 10.1. The lowest BCUT2D eigenvalue weighted by Gasteiger charge is -2.37. The molecule has 0 radical (unpaired) electrons. The lowest BCUT2D eigenvalue weighted by molar-refractivity contribution is -0.135. The van der Waals surface area contributed by atoms with Gasteiger partial charge in [0.05, 0.1) is 11.9 Å². The van der Waals surface area contributed by atoms with E-state index >= 15 is 0 Å². The molecule has 0 unspecified atom stereocenters. The summed E-state index contributed by atoms with van der Waals surface area (Å²) in [6.45, 7) is 2.68. The van der Waals surface area contributed by atoms with Crippen molar-refractivity contribution in [1.82, 2.24) is 14.9 Å². The zero-order valence-electron chi connectivity index (χ0n) is 15.6. The number of rotatable bonds is 4. The van der Waals surface area contributed by atoms with Gasteiger partial charge in [0.25, 0.3) is 0 Å². The Kier molecular flexibility index (Phi) is 5.02. The Balaban J connectivity index is 1.44. The van der Waals surface area contributed by atoms with E-state index in [1.807, 2.05) is 17.2 Å². The fourth-order valence-electron chi connectivity index (χ4n) is 4.09. The van der Waals surface area contributed by atoms with Crippen molar-refractivity contribution in [2.24, 2.45) is 11.7 Å². The molecule has 28 heavy (non-hydrogen) atoms. The molecule has 1 aliphatic heterocycles. The average Bonchev–Trinajstić information content (AvgIpc) is 3.31. The smallest absolute Gasteiger partial charge is 0.241 e. The maximum Gasteiger partial charge on any atom is 0.241 e. The number of hydrogen-bond acceptors (Lipinski definition) is 4. The summed E-state index contributed by atoms with van der Waals surface area (Å²) in [6.07, 6.45) is 7.30. The van der Waals surface area contributed by atoms with Crippen LogP contribution in [0.2, 0.25) is 0 Å². The highest BCUT2D eigenvalue weighted by atomic mass is 19.1. The maximum absolute atomic E-state index is 13.4. The minimum Gasteiger partial charge on any atom is -0.367 e. The van der Waals surface area contributed by atoms with Crippen molar-refractivity contribution < 1.29 is 14.0 Å². The number of aromatic amines is 1. The van der Waals surface area contributed by atoms with Gasteiger partial charge in [0.2, 0.25) is 11.8 Å². The van der Waals surface area contributed by atoms with Crippen LogP contribution in [0, 0.1) is 5.92 Å². The van der Waals surface area contributed by atoms with Gasteiger partial charge in [0.1, 0.15) is 11.8 Å². The van der Waals surface area contributed by atoms with Crippen LogP contribution in [-0.4, -0.2) is 59.0 Å². The number of H-pyrrole nitrogens is 1. The highest BCUT2D eigenvalue weighted by Gasteiger charge is 2.33. The monoisotopic (exact) mass is 385 g/mol. The number of alkyl halides is 1. The molecule has 2 amide bonds. The Morgan fingerprint density at radius 2 is 2.04 bits per heavy atom. The Bertz CT molecular complexity index is 916. The van der Waals surface area contributed by atoms with E-state index < -0.39 is 12.1 Å². The first-order valence-electron chi connectivity index (χ1n) is 9.63. The standard InChI is InChI=1S/C20H24FN5O2/c21-15-3-1-13(9-15)20(28)26-7-5-25(6-8-26)16-10-17-14(2-4-18(22)27)11-23-19(17)24-12-16/h2,4,10-13,15H,1,3,5-9H2,(H2,22,27)(H,23,24)/t13-,15-/m1/s1. The van der Waals surface area contributed by atoms with Crippen LogP contribution in [0.1, 0.15) is 24.8 Å². The van der Waals surface area contributed by atoms with E-state index in [1.54, 1.807) is 12.3 Å². The lowest BCUT2D eigenvalue weighted by Crippen LogP contribution is -2.50. The summed E-state index contributed by atoms with van der Waals surface area (Å²) in [6, 6.07) is 2.03. The van der Waals surface area contributed by atoms with E-state index in [0.29, 0.717) is 45.4 Å². The molecule has 2 fully saturated rings. The second-order valence-electron chi connectivity index (χ2n) is 7.49. The van der Waals surface area contributed by atoms with Crippen molar-refractivity contribution in [3.05, 3.63) is 30.1 Å². The molecule has 8 heteroatoms. The van der Waals surface area contributed by atoms with Crippen LogP contribution in [0.15, 0.2) is 24.5 Å². The van der Waals surface area contributed by atoms with Crippen LogP contribution in [0.4, 0.5) is 10.1 Å². The third kappa shape index (κ3) is 3.72. The van der Waals surface area contributed by atoms with Gasteiger partial charge in [-0.3, -0.25) is 9.59 Å². The second kappa shape index (κ2) is 7.61. The number of halogens is 1. The fraction of sp³-hybridized carbons (Fsp3) is 0.450. The first kappa shape index (κ1) is 18.5. The van der Waals surface area contributed by atoms with E-state index in [4.69, 9.17) is 5.73 Å². The number of pyridine rings is 1. The minimum atomic E-state index is -0.827. The summed E-state index contributed by atoms with van der Waals surface area (Å²) in [5.41, 5.74) is 7.73. The van der Waals surface area contributed by atoms with Crippen molar-refractivity contribution in [2.45, 2.75) is 25.4 Å². The molecule has 2 atom stereocenters. The highest BCUT2D eigenvalue weighted by Crippen LogP contribution is 2.30. The number of primary amides is 1. The molecular weight excluding hydrogens is 361 g/mol. The molecular formula is C20H24FN5O2. The van der Waals surface area contributed by atoms with Crippen LogP contribution in [0.5, 0.6) is 0 Å². The van der Waals surface area contributed by atoms with Gasteiger partial charge in [-0.05, 0) is 31.4 Å². The first-order chi connectivity index (χ1) is 13.5. The molecule has 148 valence electrons. The quantitative estimate of drug-likeness (QED) is 0.785. The van der Waals surface area contributed by atoms with Crippen LogP contribution in [0.3, 0.4) is 0 Å². The average molecular weight is 385 g/mol. The molecule has 3 heterocycles. The van der Waals surface area contributed by atoms with Gasteiger partial charge in [-0.2, -0.15) is 0 Å². The SMILES string of the molecule is NC(=O)C=Cc1c[nH]c2ncc(N3CCN(C(=O)[C@@H]4CC[C@@H](F)C4)CC3)cc12. The summed E-state index contributed by atoms with van der Waals surface area (Å²) < 4.78 is 13.4. The van der Waals surface area contributed by atoms with Crippen molar-refractivity contribution in [3.63, 3.8) is 0 Å². The Labute approximate surface area is 162 Å². The molecule has 7 nitrogen and oxygen atoms in total. The number of carbonyl (C=O) groups excluding carboxylic acids is 2. The van der Waals surface area contributed by atoms with E-state index in [-0.39, 0.29) is 11.8 Å². The number of nitrogens with zero attached hydrogens (tertiary/aromatic N) is 3. The van der Waals surface area contributed by atoms with Crippen LogP contribution < -0.4 is 10.6 Å². The van der Waals surface area contributed by atoms with Gasteiger partial charge in [-0.1, -0.05) is 0 Å². The summed E-state index contributed by atoms with van der Waals surface area (Å²) in [5, 5.41) is 0.911. The number of hydrogen-bond donors (Lipinski definition) is 2. The van der Waals surface area contributed by atoms with Gasteiger partial charge in [0, 0.05) is 55.3 Å². The number of nitrogens with one attached hydrogen (secondary N) is 1. The van der Waals surface area contributed by atoms with Crippen LogP contribution in [0.25, 0.3) is 17.1 Å². The molecule has 2 aromatic heterocycles. The van der Waals surface area contributed by atoms with Gasteiger partial charge in [-0.15, -0.1) is 0 Å². The molecule has 2 aromatic rings. The minimum absolute atomic E-state index is 0.0953. The van der Waals surface area contributed by atoms with Crippen LogP contribution >= 0.6 is 0 Å². The molecule has 2 aliphatic rings. The summed E-state index contributed by atoms with van der Waals surface area (Å²) in [4.78, 5) is 35.2. The normalized spacial score (nSPS) is 23.0. The highest BCUT2D eigenvalue weighted by molar-refractivity contribution is 5.95. The van der Waals surface area contributed by atoms with E-state index in [9.17, 15) is 14.0 Å². The molecule has 4 rings (SSSR count). The summed E-state index contributed by atoms with van der Waals surface area (Å²) >= 11 is 0. The second-order valence-corrected chi connectivity index (χ2v) is 7.49. The van der Waals surface area contributed by atoms with Crippen molar-refractivity contribution >= 4 is 34.6 Å². The maximum atomic E-state index is 13.4. The third-order valence-electron chi connectivity index (χ3n) is 5.65. The van der Waals surface area contributed by atoms with Crippen molar-refractivity contribution in [3.8, 4) is 0 Å². The van der Waals surface area contributed by atoms with Gasteiger partial charge in [-0.25, -0.2) is 9.37 Å². The van der Waals surface area contributed by atoms with E-state index in [1.165, 1.54) is 6.08 Å². The summed E-state index contributed by atoms with van der Waals surface area (Å²) in [5.74, 6) is -0.558. The zero-order chi connectivity index (χ0) is 19.7. The molecule has 1 aliphatic carbocycles. The molecule has 0 bridgehead atoms. The molecule has 0 aromatic carbocycles. The predicted octanol–water partition coefficient (Wildman–Crippen LogP) is 1.85. The predicted molar refractivity (Wildman–Crippen MR) is 105 cm³/mol. The van der Waals surface area contributed by atoms with E-state index in [0.717, 1.165) is 22.3 Å². The van der Waals surface area contributed by atoms with Gasteiger partial charge >= 0.3 is 0 Å². The number of amides is 2. The largest absolute Gasteiger partial charge is 0.367 e. The molecule has 1 saturated heterocycles. The fourth-order valence-corrected chi connectivity index (χ4v) is 4.09. The first-order valence-corrected chi connectivity index (χ1v) is 9.63. The summed E-state index contributed by atoms with van der Waals surface area (Å²) in [7, 11) is 0. The van der Waals surface area contributed by atoms with E-state index in [2.05, 4.69) is 14.9 Å². The molecule has 3 N–H and O–H groups in total. The van der Waals surface area contributed by atoms with Crippen molar-refractivity contribution in [1.29, 1.82) is 0 Å². The number of nitrogens with two attached hydrogens (primary N) is 1. The van der Waals surface area contributed by atoms with Crippen LogP contribution in [-0.2, 0) is 9.59 Å². The molecule has 0 spiro atoms. The number of carbonyl (C=O) groups is 2. The Hall–Kier alpha value is -2.90. The molecule has 1 saturated carbocycles. The Morgan fingerprint density at radius 3 is 2.71 bits per heavy atom. The third-order valence-corrected chi connectivity index (χ3v) is 5.65. The van der Waals surface area contributed by atoms with Gasteiger partial charge < -0.3 is 20.5 Å². The topological polar surface area (TPSA) is 95.3 Å². The number of piperazine rings is 1. The van der Waals surface area contributed by atoms with Gasteiger partial charge in [0.15, 0.2) is 0 Å². The zero-order valence-corrected chi connectivity index (χ0v) is 15.6. The Morgan fingerprint density at radius 1 is 1.25 bits per heavy atom. The van der Waals surface area contributed by atoms with Crippen molar-refractivity contribution in [2.75, 3.05) is 31.1 Å². The number of anilines is 1. The number of fused-ring (bicyclic) bond motifs is 1. The number of aromatic nitrogens is 2.